The van der Waals surface area contributed by atoms with Crippen molar-refractivity contribution in [2.24, 2.45) is 5.92 Å². The summed E-state index contributed by atoms with van der Waals surface area (Å²) in [6.45, 7) is 4.72. The fourth-order valence-corrected chi connectivity index (χ4v) is 2.43. The molecule has 0 aromatic heterocycles. The molecular formula is C9H17NOS. The van der Waals surface area contributed by atoms with Crippen LogP contribution in [0.15, 0.2) is 0 Å². The van der Waals surface area contributed by atoms with Gasteiger partial charge in [0, 0.05) is 17.7 Å². The largest absolute Gasteiger partial charge is 0.355 e. The molecule has 0 radical (unpaired) electrons. The second-order valence-corrected chi connectivity index (χ2v) is 4.94. The summed E-state index contributed by atoms with van der Waals surface area (Å²) in [4.78, 5) is 11.2. The predicted octanol–water partition coefficient (Wildman–Crippen LogP) is 1.65. The number of carbonyl (C=O) groups excluding carboxylic acids is 1. The Kier molecular flexibility index (Phi) is 3.92. The van der Waals surface area contributed by atoms with Gasteiger partial charge in [0.25, 0.3) is 0 Å². The average molecular weight is 187 g/mol. The van der Waals surface area contributed by atoms with Gasteiger partial charge in [-0.25, -0.2) is 0 Å². The smallest absolute Gasteiger partial charge is 0.222 e. The van der Waals surface area contributed by atoms with Crippen LogP contribution >= 0.6 is 11.8 Å². The van der Waals surface area contributed by atoms with Crippen LogP contribution < -0.4 is 5.32 Å². The molecule has 12 heavy (non-hydrogen) atoms. The maximum absolute atomic E-state index is 11.2. The molecule has 70 valence electrons. The van der Waals surface area contributed by atoms with E-state index in [1.807, 2.05) is 25.6 Å². The Morgan fingerprint density at radius 2 is 2.42 bits per heavy atom. The van der Waals surface area contributed by atoms with Crippen molar-refractivity contribution in [1.29, 1.82) is 0 Å². The van der Waals surface area contributed by atoms with E-state index in [1.54, 1.807) is 0 Å². The van der Waals surface area contributed by atoms with E-state index in [0.717, 1.165) is 6.54 Å². The molecule has 1 atom stereocenters. The molecule has 1 heterocycles. The lowest BCUT2D eigenvalue weighted by molar-refractivity contribution is -0.123. The minimum atomic E-state index is 0.122. The highest BCUT2D eigenvalue weighted by Gasteiger charge is 2.16. The second kappa shape index (κ2) is 4.75. The lowest BCUT2D eigenvalue weighted by atomic mass is 10.2. The minimum Gasteiger partial charge on any atom is -0.355 e. The molecule has 1 rings (SSSR count). The van der Waals surface area contributed by atoms with Gasteiger partial charge in [0.15, 0.2) is 0 Å². The molecule has 1 aliphatic heterocycles. The van der Waals surface area contributed by atoms with Gasteiger partial charge in [-0.15, -0.1) is 0 Å². The van der Waals surface area contributed by atoms with E-state index in [0.29, 0.717) is 5.25 Å². The van der Waals surface area contributed by atoms with Crippen LogP contribution in [0.1, 0.15) is 26.7 Å². The van der Waals surface area contributed by atoms with Gasteiger partial charge in [-0.1, -0.05) is 13.8 Å². The Morgan fingerprint density at radius 1 is 1.67 bits per heavy atom. The Balaban J connectivity index is 2.12. The van der Waals surface area contributed by atoms with E-state index in [9.17, 15) is 4.79 Å². The van der Waals surface area contributed by atoms with Crippen LogP contribution in [0.4, 0.5) is 0 Å². The third-order valence-corrected chi connectivity index (χ3v) is 3.45. The molecule has 1 N–H and O–H groups in total. The number of hydrogen-bond acceptors (Lipinski definition) is 2. The van der Waals surface area contributed by atoms with E-state index < -0.39 is 0 Å². The molecular weight excluding hydrogens is 170 g/mol. The Morgan fingerprint density at radius 3 is 2.92 bits per heavy atom. The second-order valence-electron chi connectivity index (χ2n) is 3.53. The Bertz CT molecular complexity index is 153. The van der Waals surface area contributed by atoms with E-state index >= 15 is 0 Å². The van der Waals surface area contributed by atoms with Gasteiger partial charge in [0.2, 0.25) is 5.91 Å². The monoisotopic (exact) mass is 187 g/mol. The number of hydrogen-bond donors (Lipinski definition) is 1. The Hall–Kier alpha value is -0.180. The molecule has 2 nitrogen and oxygen atoms in total. The number of carbonyl (C=O) groups is 1. The van der Waals surface area contributed by atoms with Gasteiger partial charge >= 0.3 is 0 Å². The van der Waals surface area contributed by atoms with E-state index in [2.05, 4.69) is 5.32 Å². The van der Waals surface area contributed by atoms with Gasteiger partial charge in [-0.05, 0) is 18.6 Å². The third-order valence-electron chi connectivity index (χ3n) is 2.05. The summed E-state index contributed by atoms with van der Waals surface area (Å²) in [5.74, 6) is 1.57. The van der Waals surface area contributed by atoms with E-state index in [1.165, 1.54) is 18.6 Å². The number of nitrogens with one attached hydrogen (secondary N) is 1. The highest BCUT2D eigenvalue weighted by molar-refractivity contribution is 8.00. The number of thioether (sulfide) groups is 1. The number of amides is 1. The van der Waals surface area contributed by atoms with E-state index in [4.69, 9.17) is 0 Å². The van der Waals surface area contributed by atoms with Crippen LogP contribution in [0.25, 0.3) is 0 Å². The maximum Gasteiger partial charge on any atom is 0.222 e. The van der Waals surface area contributed by atoms with Crippen LogP contribution in [0.3, 0.4) is 0 Å². The van der Waals surface area contributed by atoms with E-state index in [-0.39, 0.29) is 11.8 Å². The summed E-state index contributed by atoms with van der Waals surface area (Å²) in [6, 6.07) is 0. The van der Waals surface area contributed by atoms with Crippen LogP contribution in [-0.2, 0) is 4.79 Å². The normalized spacial score (nSPS) is 23.1. The molecule has 1 unspecified atom stereocenters. The van der Waals surface area contributed by atoms with Crippen molar-refractivity contribution in [3.8, 4) is 0 Å². The maximum atomic E-state index is 11.2. The van der Waals surface area contributed by atoms with Gasteiger partial charge in [-0.2, -0.15) is 11.8 Å². The van der Waals surface area contributed by atoms with Crippen LogP contribution in [0.5, 0.6) is 0 Å². The quantitative estimate of drug-likeness (QED) is 0.728. The van der Waals surface area contributed by atoms with Gasteiger partial charge in [0.1, 0.15) is 0 Å². The molecule has 1 fully saturated rings. The topological polar surface area (TPSA) is 29.1 Å². The standard InChI is InChI=1S/C9H17NOS/c1-7(2)9(11)10-6-8-4-3-5-12-8/h7-8H,3-6H2,1-2H3,(H,10,11). The zero-order valence-electron chi connectivity index (χ0n) is 7.80. The van der Waals surface area contributed by atoms with Crippen LogP contribution in [0.2, 0.25) is 0 Å². The summed E-state index contributed by atoms with van der Waals surface area (Å²) in [5.41, 5.74) is 0. The van der Waals surface area contributed by atoms with Crippen LogP contribution in [-0.4, -0.2) is 23.5 Å². The van der Waals surface area contributed by atoms with Crippen molar-refractivity contribution >= 4 is 17.7 Å². The molecule has 0 saturated carbocycles. The van der Waals surface area contributed by atoms with Gasteiger partial charge in [-0.3, -0.25) is 4.79 Å². The molecule has 0 aliphatic carbocycles. The fraction of sp³-hybridized carbons (Fsp3) is 0.889. The Labute approximate surface area is 78.5 Å². The minimum absolute atomic E-state index is 0.122. The van der Waals surface area contributed by atoms with Crippen molar-refractivity contribution in [3.05, 3.63) is 0 Å². The summed E-state index contributed by atoms with van der Waals surface area (Å²) in [5, 5.41) is 3.64. The SMILES string of the molecule is CC(C)C(=O)NCC1CCCS1. The first-order chi connectivity index (χ1) is 5.70. The first-order valence-electron chi connectivity index (χ1n) is 4.59. The van der Waals surface area contributed by atoms with Gasteiger partial charge in [0.05, 0.1) is 0 Å². The zero-order valence-corrected chi connectivity index (χ0v) is 8.62. The molecule has 1 saturated heterocycles. The summed E-state index contributed by atoms with van der Waals surface area (Å²) < 4.78 is 0. The number of rotatable bonds is 3. The molecule has 0 aromatic rings. The molecule has 3 heteroatoms. The van der Waals surface area contributed by atoms with Crippen molar-refractivity contribution < 1.29 is 4.79 Å². The molecule has 1 aliphatic rings. The predicted molar refractivity (Wildman–Crippen MR) is 53.3 cm³/mol. The van der Waals surface area contributed by atoms with Crippen molar-refractivity contribution in [3.63, 3.8) is 0 Å². The molecule has 0 spiro atoms. The van der Waals surface area contributed by atoms with Crippen LogP contribution in [0, 0.1) is 5.92 Å². The fourth-order valence-electron chi connectivity index (χ4n) is 1.22. The summed E-state index contributed by atoms with van der Waals surface area (Å²) >= 11 is 1.98. The average Bonchev–Trinajstić information content (AvgIpc) is 2.51. The van der Waals surface area contributed by atoms with Crippen molar-refractivity contribution in [2.45, 2.75) is 31.9 Å². The molecule has 0 bridgehead atoms. The summed E-state index contributed by atoms with van der Waals surface area (Å²) in [6.07, 6.45) is 2.58. The molecule has 0 aromatic carbocycles. The first kappa shape index (κ1) is 9.90. The lowest BCUT2D eigenvalue weighted by Crippen LogP contribution is -2.32. The lowest BCUT2D eigenvalue weighted by Gasteiger charge is -2.11. The summed E-state index contributed by atoms with van der Waals surface area (Å²) in [7, 11) is 0. The highest BCUT2D eigenvalue weighted by Crippen LogP contribution is 2.25. The zero-order chi connectivity index (χ0) is 8.97. The van der Waals surface area contributed by atoms with Crippen molar-refractivity contribution in [1.82, 2.24) is 5.32 Å². The first-order valence-corrected chi connectivity index (χ1v) is 5.64. The molecule has 1 amide bonds. The van der Waals surface area contributed by atoms with Gasteiger partial charge < -0.3 is 5.32 Å². The third kappa shape index (κ3) is 3.05. The van der Waals surface area contributed by atoms with Crippen molar-refractivity contribution in [2.75, 3.05) is 12.3 Å². The highest BCUT2D eigenvalue weighted by atomic mass is 32.2.